The van der Waals surface area contributed by atoms with Crippen molar-refractivity contribution < 1.29 is 14.7 Å². The minimum absolute atomic E-state index is 0.128. The molecule has 2 atom stereocenters. The smallest absolute Gasteiger partial charge is 0.326 e. The van der Waals surface area contributed by atoms with E-state index in [4.69, 9.17) is 5.11 Å². The van der Waals surface area contributed by atoms with Gasteiger partial charge in [0.2, 0.25) is 0 Å². The van der Waals surface area contributed by atoms with Gasteiger partial charge in [-0.3, -0.25) is 4.79 Å². The highest BCUT2D eigenvalue weighted by Crippen LogP contribution is 2.20. The van der Waals surface area contributed by atoms with E-state index in [9.17, 15) is 9.59 Å². The molecule has 0 unspecified atom stereocenters. The van der Waals surface area contributed by atoms with Gasteiger partial charge in [0, 0.05) is 14.5 Å². The summed E-state index contributed by atoms with van der Waals surface area (Å²) in [7, 11) is 0. The third-order valence-corrected chi connectivity index (χ3v) is 3.81. The van der Waals surface area contributed by atoms with Gasteiger partial charge in [-0.05, 0) is 24.1 Å². The highest BCUT2D eigenvalue weighted by atomic mass is 79.9. The van der Waals surface area contributed by atoms with Gasteiger partial charge in [0.05, 0.1) is 0 Å². The van der Waals surface area contributed by atoms with Crippen LogP contribution in [0.4, 0.5) is 0 Å². The van der Waals surface area contributed by atoms with Crippen LogP contribution >= 0.6 is 31.9 Å². The van der Waals surface area contributed by atoms with Gasteiger partial charge in [0.25, 0.3) is 5.91 Å². The van der Waals surface area contributed by atoms with Crippen LogP contribution in [0.5, 0.6) is 0 Å². The molecule has 0 aliphatic heterocycles. The van der Waals surface area contributed by atoms with Crippen molar-refractivity contribution in [3.05, 3.63) is 32.7 Å². The number of hydrogen-bond donors (Lipinski definition) is 2. The maximum absolute atomic E-state index is 12.1. The molecule has 0 heterocycles. The number of halogens is 2. The molecule has 4 nitrogen and oxygen atoms in total. The lowest BCUT2D eigenvalue weighted by atomic mass is 9.99. The SMILES string of the molecule is CC[C@H](C)[C@@H](NC(=O)c1cc(Br)cc(Br)c1)C(=O)O. The van der Waals surface area contributed by atoms with E-state index in [-0.39, 0.29) is 5.92 Å². The van der Waals surface area contributed by atoms with Crippen LogP contribution in [0.1, 0.15) is 30.6 Å². The fourth-order valence-corrected chi connectivity index (χ4v) is 2.89. The van der Waals surface area contributed by atoms with Crippen molar-refractivity contribution in [2.75, 3.05) is 0 Å². The fraction of sp³-hybridized carbons (Fsp3) is 0.385. The van der Waals surface area contributed by atoms with Crippen molar-refractivity contribution in [3.63, 3.8) is 0 Å². The summed E-state index contributed by atoms with van der Waals surface area (Å²) in [5.74, 6) is -1.54. The van der Waals surface area contributed by atoms with E-state index in [0.29, 0.717) is 12.0 Å². The molecule has 1 aromatic carbocycles. The van der Waals surface area contributed by atoms with Crippen LogP contribution in [0.25, 0.3) is 0 Å². The Labute approximate surface area is 128 Å². The molecule has 0 aliphatic carbocycles. The Morgan fingerprint density at radius 2 is 1.79 bits per heavy atom. The number of carboxylic acid groups (broad SMARTS) is 1. The minimum atomic E-state index is -1.02. The maximum Gasteiger partial charge on any atom is 0.326 e. The first-order valence-electron chi connectivity index (χ1n) is 5.85. The number of hydrogen-bond acceptors (Lipinski definition) is 2. The van der Waals surface area contributed by atoms with Crippen LogP contribution in [-0.4, -0.2) is 23.0 Å². The Morgan fingerprint density at radius 3 is 2.21 bits per heavy atom. The molecular weight excluding hydrogens is 378 g/mol. The molecule has 0 aromatic heterocycles. The highest BCUT2D eigenvalue weighted by Gasteiger charge is 2.25. The minimum Gasteiger partial charge on any atom is -0.480 e. The zero-order chi connectivity index (χ0) is 14.6. The predicted molar refractivity (Wildman–Crippen MR) is 80.2 cm³/mol. The summed E-state index contributed by atoms with van der Waals surface area (Å²) in [4.78, 5) is 23.2. The van der Waals surface area contributed by atoms with Gasteiger partial charge in [-0.15, -0.1) is 0 Å². The molecule has 6 heteroatoms. The van der Waals surface area contributed by atoms with Crippen molar-refractivity contribution in [2.45, 2.75) is 26.3 Å². The van der Waals surface area contributed by atoms with Gasteiger partial charge >= 0.3 is 5.97 Å². The molecule has 2 N–H and O–H groups in total. The highest BCUT2D eigenvalue weighted by molar-refractivity contribution is 9.11. The van der Waals surface area contributed by atoms with Gasteiger partial charge in [-0.25, -0.2) is 4.79 Å². The number of benzene rings is 1. The molecule has 1 amide bonds. The summed E-state index contributed by atoms with van der Waals surface area (Å²) >= 11 is 6.59. The van der Waals surface area contributed by atoms with E-state index in [1.807, 2.05) is 6.92 Å². The molecule has 0 saturated carbocycles. The van der Waals surface area contributed by atoms with Gasteiger partial charge in [-0.2, -0.15) is 0 Å². The Bertz CT molecular complexity index is 471. The third-order valence-electron chi connectivity index (χ3n) is 2.89. The summed E-state index contributed by atoms with van der Waals surface area (Å²) in [6.07, 6.45) is 0.680. The zero-order valence-corrected chi connectivity index (χ0v) is 13.8. The van der Waals surface area contributed by atoms with Crippen molar-refractivity contribution in [2.24, 2.45) is 5.92 Å². The van der Waals surface area contributed by atoms with Crippen molar-refractivity contribution in [1.82, 2.24) is 5.32 Å². The largest absolute Gasteiger partial charge is 0.480 e. The second-order valence-electron chi connectivity index (χ2n) is 4.33. The third kappa shape index (κ3) is 4.62. The summed E-state index contributed by atoms with van der Waals surface area (Å²) < 4.78 is 1.50. The summed E-state index contributed by atoms with van der Waals surface area (Å²) in [5, 5.41) is 11.7. The van der Waals surface area contributed by atoms with Crippen molar-refractivity contribution >= 4 is 43.7 Å². The van der Waals surface area contributed by atoms with E-state index in [0.717, 1.165) is 8.95 Å². The Kier molecular flexibility index (Phi) is 6.00. The predicted octanol–water partition coefficient (Wildman–Crippen LogP) is 3.44. The number of rotatable bonds is 5. The van der Waals surface area contributed by atoms with Gasteiger partial charge in [-0.1, -0.05) is 52.1 Å². The summed E-state index contributed by atoms with van der Waals surface area (Å²) in [6, 6.07) is 4.22. The van der Waals surface area contributed by atoms with E-state index < -0.39 is 17.9 Å². The number of carbonyl (C=O) groups is 2. The number of aliphatic carboxylic acids is 1. The van der Waals surface area contributed by atoms with E-state index >= 15 is 0 Å². The Balaban J connectivity index is 2.90. The lowest BCUT2D eigenvalue weighted by molar-refractivity contribution is -0.140. The van der Waals surface area contributed by atoms with Gasteiger partial charge < -0.3 is 10.4 Å². The molecule has 0 aliphatic rings. The molecule has 0 saturated heterocycles. The van der Waals surface area contributed by atoms with Crippen LogP contribution < -0.4 is 5.32 Å². The first-order valence-corrected chi connectivity index (χ1v) is 7.43. The van der Waals surface area contributed by atoms with E-state index in [1.165, 1.54) is 0 Å². The topological polar surface area (TPSA) is 66.4 Å². The Hall–Kier alpha value is -0.880. The van der Waals surface area contributed by atoms with Gasteiger partial charge in [0.15, 0.2) is 0 Å². The summed E-state index contributed by atoms with van der Waals surface area (Å²) in [5.41, 5.74) is 0.413. The lowest BCUT2D eigenvalue weighted by Gasteiger charge is -2.20. The average molecular weight is 393 g/mol. The molecule has 1 aromatic rings. The lowest BCUT2D eigenvalue weighted by Crippen LogP contribution is -2.45. The van der Waals surface area contributed by atoms with E-state index in [1.54, 1.807) is 25.1 Å². The number of amides is 1. The van der Waals surface area contributed by atoms with Crippen LogP contribution in [0.2, 0.25) is 0 Å². The number of nitrogens with one attached hydrogen (secondary N) is 1. The standard InChI is InChI=1S/C13H15Br2NO3/c1-3-7(2)11(13(18)19)16-12(17)8-4-9(14)6-10(15)5-8/h4-7,11H,3H2,1-2H3,(H,16,17)(H,18,19)/t7-,11+/m0/s1. The number of carbonyl (C=O) groups excluding carboxylic acids is 1. The van der Waals surface area contributed by atoms with Crippen LogP contribution in [-0.2, 0) is 4.79 Å². The molecule has 104 valence electrons. The Morgan fingerprint density at radius 1 is 1.26 bits per heavy atom. The van der Waals surface area contributed by atoms with E-state index in [2.05, 4.69) is 37.2 Å². The monoisotopic (exact) mass is 391 g/mol. The maximum atomic E-state index is 12.1. The molecule has 1 rings (SSSR count). The molecular formula is C13H15Br2NO3. The first-order chi connectivity index (χ1) is 8.85. The van der Waals surface area contributed by atoms with Crippen LogP contribution in [0, 0.1) is 5.92 Å². The quantitative estimate of drug-likeness (QED) is 0.806. The van der Waals surface area contributed by atoms with Crippen molar-refractivity contribution in [1.29, 1.82) is 0 Å². The molecule has 0 radical (unpaired) electrons. The average Bonchev–Trinajstić information content (AvgIpc) is 2.33. The van der Waals surface area contributed by atoms with Crippen LogP contribution in [0.3, 0.4) is 0 Å². The molecule has 0 bridgehead atoms. The summed E-state index contributed by atoms with van der Waals surface area (Å²) in [6.45, 7) is 3.69. The van der Waals surface area contributed by atoms with Gasteiger partial charge in [0.1, 0.15) is 6.04 Å². The number of carboxylic acids is 1. The first kappa shape index (κ1) is 16.2. The molecule has 19 heavy (non-hydrogen) atoms. The second-order valence-corrected chi connectivity index (χ2v) is 6.16. The second kappa shape index (κ2) is 7.05. The normalized spacial score (nSPS) is 13.7. The fourth-order valence-electron chi connectivity index (χ4n) is 1.59. The van der Waals surface area contributed by atoms with Crippen LogP contribution in [0.15, 0.2) is 27.1 Å². The van der Waals surface area contributed by atoms with Crippen molar-refractivity contribution in [3.8, 4) is 0 Å². The zero-order valence-electron chi connectivity index (χ0n) is 10.6. The molecule has 0 fully saturated rings. The molecule has 0 spiro atoms.